The summed E-state index contributed by atoms with van der Waals surface area (Å²) >= 11 is 0. The largest absolute Gasteiger partial charge is 0.501 e. The first-order chi connectivity index (χ1) is 14.0. The molecule has 0 aliphatic heterocycles. The van der Waals surface area contributed by atoms with Gasteiger partial charge in [0.15, 0.2) is 17.2 Å². The zero-order valence-electron chi connectivity index (χ0n) is 16.0. The van der Waals surface area contributed by atoms with Crippen molar-refractivity contribution in [3.8, 4) is 23.1 Å². The van der Waals surface area contributed by atoms with Crippen molar-refractivity contribution in [2.75, 3.05) is 14.2 Å². The summed E-state index contributed by atoms with van der Waals surface area (Å²) in [5.41, 5.74) is 1.39. The molecule has 2 aromatic carbocycles. The average molecular weight is 395 g/mol. The van der Waals surface area contributed by atoms with Crippen molar-refractivity contribution in [2.24, 2.45) is 0 Å². The SMILES string of the molecule is COc1ccc(Cc2nc(O)c(O)c(C(=O)NCc3ccccc3)n2)cc1OC. The van der Waals surface area contributed by atoms with Crippen LogP contribution < -0.4 is 14.8 Å². The highest BCUT2D eigenvalue weighted by molar-refractivity contribution is 5.95. The molecule has 0 fully saturated rings. The first-order valence-electron chi connectivity index (χ1n) is 8.83. The molecule has 1 heterocycles. The van der Waals surface area contributed by atoms with Crippen LogP contribution in [0.2, 0.25) is 0 Å². The Kier molecular flexibility index (Phi) is 6.13. The Morgan fingerprint density at radius 2 is 1.69 bits per heavy atom. The van der Waals surface area contributed by atoms with E-state index in [-0.39, 0.29) is 24.5 Å². The average Bonchev–Trinajstić information content (AvgIpc) is 2.75. The standard InChI is InChI=1S/C21H21N3O5/c1-28-15-9-8-14(10-16(15)29-2)11-17-23-18(19(25)21(27)24-17)20(26)22-12-13-6-4-3-5-7-13/h3-10,25H,11-12H2,1-2H3,(H,22,26)(H,23,24,27). The first-order valence-corrected chi connectivity index (χ1v) is 8.83. The van der Waals surface area contributed by atoms with Gasteiger partial charge in [-0.3, -0.25) is 4.79 Å². The van der Waals surface area contributed by atoms with Crippen LogP contribution in [0, 0.1) is 0 Å². The Morgan fingerprint density at radius 1 is 0.966 bits per heavy atom. The molecule has 1 aromatic heterocycles. The summed E-state index contributed by atoms with van der Waals surface area (Å²) in [5.74, 6) is -0.637. The van der Waals surface area contributed by atoms with Crippen LogP contribution in [0.1, 0.15) is 27.4 Å². The normalized spacial score (nSPS) is 10.4. The quantitative estimate of drug-likeness (QED) is 0.563. The highest BCUT2D eigenvalue weighted by Gasteiger charge is 2.20. The van der Waals surface area contributed by atoms with E-state index in [0.717, 1.165) is 11.1 Å². The Hall–Kier alpha value is -3.81. The number of hydrogen-bond acceptors (Lipinski definition) is 7. The number of nitrogens with zero attached hydrogens (tertiary/aromatic N) is 2. The van der Waals surface area contributed by atoms with E-state index in [4.69, 9.17) is 9.47 Å². The van der Waals surface area contributed by atoms with E-state index in [1.54, 1.807) is 25.3 Å². The third-order valence-electron chi connectivity index (χ3n) is 4.23. The number of hydrogen-bond donors (Lipinski definition) is 3. The number of aromatic nitrogens is 2. The second-order valence-electron chi connectivity index (χ2n) is 6.20. The highest BCUT2D eigenvalue weighted by atomic mass is 16.5. The maximum absolute atomic E-state index is 12.5. The molecule has 0 atom stereocenters. The number of carbonyl (C=O) groups excluding carboxylic acids is 1. The fourth-order valence-electron chi connectivity index (χ4n) is 2.76. The summed E-state index contributed by atoms with van der Waals surface area (Å²) in [7, 11) is 3.07. The van der Waals surface area contributed by atoms with Gasteiger partial charge in [-0.15, -0.1) is 0 Å². The minimum Gasteiger partial charge on any atom is -0.501 e. The molecular weight excluding hydrogens is 374 g/mol. The molecule has 0 aliphatic carbocycles. The van der Waals surface area contributed by atoms with E-state index in [2.05, 4.69) is 15.3 Å². The second-order valence-corrected chi connectivity index (χ2v) is 6.20. The number of benzene rings is 2. The van der Waals surface area contributed by atoms with Gasteiger partial charge in [-0.2, -0.15) is 4.98 Å². The number of aromatic hydroxyl groups is 2. The third-order valence-corrected chi connectivity index (χ3v) is 4.23. The minimum atomic E-state index is -0.661. The molecule has 0 aliphatic rings. The van der Waals surface area contributed by atoms with Crippen molar-refractivity contribution >= 4 is 5.91 Å². The predicted molar refractivity (Wildman–Crippen MR) is 105 cm³/mol. The van der Waals surface area contributed by atoms with E-state index in [0.29, 0.717) is 11.5 Å². The summed E-state index contributed by atoms with van der Waals surface area (Å²) in [5, 5.41) is 22.7. The van der Waals surface area contributed by atoms with Gasteiger partial charge in [-0.25, -0.2) is 4.98 Å². The zero-order valence-corrected chi connectivity index (χ0v) is 16.0. The van der Waals surface area contributed by atoms with Crippen molar-refractivity contribution in [3.63, 3.8) is 0 Å². The Balaban J connectivity index is 1.81. The van der Waals surface area contributed by atoms with E-state index in [1.807, 2.05) is 30.3 Å². The smallest absolute Gasteiger partial charge is 0.274 e. The van der Waals surface area contributed by atoms with Gasteiger partial charge in [0.2, 0.25) is 5.75 Å². The van der Waals surface area contributed by atoms with Crippen LogP contribution in [0.5, 0.6) is 23.1 Å². The van der Waals surface area contributed by atoms with Crippen molar-refractivity contribution in [2.45, 2.75) is 13.0 Å². The molecule has 1 amide bonds. The fraction of sp³-hybridized carbons (Fsp3) is 0.190. The van der Waals surface area contributed by atoms with E-state index >= 15 is 0 Å². The van der Waals surface area contributed by atoms with Crippen LogP contribution in [0.3, 0.4) is 0 Å². The highest BCUT2D eigenvalue weighted by Crippen LogP contribution is 2.29. The molecule has 3 N–H and O–H groups in total. The molecule has 150 valence electrons. The summed E-state index contributed by atoms with van der Waals surface area (Å²) in [4.78, 5) is 20.5. The number of carbonyl (C=O) groups is 1. The molecular formula is C21H21N3O5. The van der Waals surface area contributed by atoms with Crippen LogP contribution in [-0.4, -0.2) is 40.3 Å². The van der Waals surface area contributed by atoms with Crippen molar-refractivity contribution in [1.29, 1.82) is 0 Å². The molecule has 0 bridgehead atoms. The molecule has 29 heavy (non-hydrogen) atoms. The van der Waals surface area contributed by atoms with Crippen LogP contribution in [-0.2, 0) is 13.0 Å². The maximum Gasteiger partial charge on any atom is 0.274 e. The molecule has 3 aromatic rings. The van der Waals surface area contributed by atoms with Gasteiger partial charge < -0.3 is 25.0 Å². The Bertz CT molecular complexity index is 1010. The van der Waals surface area contributed by atoms with Crippen molar-refractivity contribution in [3.05, 3.63) is 71.2 Å². The van der Waals surface area contributed by atoms with Crippen molar-refractivity contribution < 1.29 is 24.5 Å². The zero-order chi connectivity index (χ0) is 20.8. The lowest BCUT2D eigenvalue weighted by Crippen LogP contribution is -2.24. The summed E-state index contributed by atoms with van der Waals surface area (Å²) in [6, 6.07) is 14.6. The summed E-state index contributed by atoms with van der Waals surface area (Å²) in [6.45, 7) is 0.259. The molecule has 3 rings (SSSR count). The molecule has 0 unspecified atom stereocenters. The number of ether oxygens (including phenoxy) is 2. The van der Waals surface area contributed by atoms with Gasteiger partial charge in [0.05, 0.1) is 14.2 Å². The fourth-order valence-corrected chi connectivity index (χ4v) is 2.76. The maximum atomic E-state index is 12.5. The lowest BCUT2D eigenvalue weighted by molar-refractivity contribution is 0.0941. The van der Waals surface area contributed by atoms with E-state index in [1.165, 1.54) is 7.11 Å². The Labute approximate surface area is 167 Å². The van der Waals surface area contributed by atoms with Gasteiger partial charge in [0.1, 0.15) is 5.82 Å². The van der Waals surface area contributed by atoms with Gasteiger partial charge in [-0.05, 0) is 23.3 Å². The lowest BCUT2D eigenvalue weighted by Gasteiger charge is -2.11. The molecule has 0 saturated carbocycles. The predicted octanol–water partition coefficient (Wildman–Crippen LogP) is 2.43. The summed E-state index contributed by atoms with van der Waals surface area (Å²) < 4.78 is 10.5. The molecule has 0 radical (unpaired) electrons. The van der Waals surface area contributed by atoms with Crippen LogP contribution in [0.15, 0.2) is 48.5 Å². The van der Waals surface area contributed by atoms with Gasteiger partial charge in [-0.1, -0.05) is 36.4 Å². The first kappa shape index (κ1) is 19.9. The van der Waals surface area contributed by atoms with Crippen LogP contribution >= 0.6 is 0 Å². The topological polar surface area (TPSA) is 114 Å². The molecule has 0 spiro atoms. The van der Waals surface area contributed by atoms with Gasteiger partial charge in [0.25, 0.3) is 11.8 Å². The van der Waals surface area contributed by atoms with Gasteiger partial charge in [0, 0.05) is 13.0 Å². The van der Waals surface area contributed by atoms with Gasteiger partial charge >= 0.3 is 0 Å². The molecule has 0 saturated heterocycles. The van der Waals surface area contributed by atoms with Crippen molar-refractivity contribution in [1.82, 2.24) is 15.3 Å². The van der Waals surface area contributed by atoms with Crippen LogP contribution in [0.25, 0.3) is 0 Å². The number of methoxy groups -OCH3 is 2. The van der Waals surface area contributed by atoms with Crippen LogP contribution in [0.4, 0.5) is 0 Å². The molecule has 8 nitrogen and oxygen atoms in total. The summed E-state index contributed by atoms with van der Waals surface area (Å²) in [6.07, 6.45) is 0.215. The lowest BCUT2D eigenvalue weighted by atomic mass is 10.1. The third kappa shape index (κ3) is 4.73. The number of amides is 1. The number of rotatable bonds is 7. The number of nitrogens with one attached hydrogen (secondary N) is 1. The molecule has 8 heteroatoms. The Morgan fingerprint density at radius 3 is 2.38 bits per heavy atom. The van der Waals surface area contributed by atoms with E-state index in [9.17, 15) is 15.0 Å². The second kappa shape index (κ2) is 8.92. The monoisotopic (exact) mass is 395 g/mol. The van der Waals surface area contributed by atoms with E-state index < -0.39 is 17.5 Å². The minimum absolute atomic E-state index is 0.178.